The minimum Gasteiger partial charge on any atom is -0.426 e. The van der Waals surface area contributed by atoms with E-state index in [0.717, 1.165) is 37.5 Å². The summed E-state index contributed by atoms with van der Waals surface area (Å²) in [6.45, 7) is 0. The van der Waals surface area contributed by atoms with Crippen LogP contribution in [-0.2, 0) is 11.2 Å². The Hall–Kier alpha value is -1.94. The molecule has 166 valence electrons. The molecule has 2 nitrogen and oxygen atoms in total. The molecule has 2 aromatic rings. The van der Waals surface area contributed by atoms with Crippen LogP contribution in [0.15, 0.2) is 54.6 Å². The number of esters is 1. The number of halogens is 1. The molecule has 1 aliphatic carbocycles. The van der Waals surface area contributed by atoms with Crippen LogP contribution in [0, 0.1) is 23.6 Å². The minimum atomic E-state index is -0.533. The maximum atomic E-state index is 13.0. The fourth-order valence-electron chi connectivity index (χ4n) is 5.72. The number of benzene rings is 2. The zero-order chi connectivity index (χ0) is 21.5. The van der Waals surface area contributed by atoms with Gasteiger partial charge in [0.05, 0.1) is 5.92 Å². The molecule has 0 aromatic heterocycles. The van der Waals surface area contributed by atoms with E-state index in [1.165, 1.54) is 73.6 Å². The molecular weight excluding hydrogens is 403 g/mol. The van der Waals surface area contributed by atoms with Crippen LogP contribution in [0.5, 0.6) is 5.75 Å². The number of rotatable bonds is 7. The predicted octanol–water partition coefficient (Wildman–Crippen LogP) is 6.81. The van der Waals surface area contributed by atoms with Crippen molar-refractivity contribution in [2.75, 3.05) is 0 Å². The lowest BCUT2D eigenvalue weighted by Gasteiger charge is -2.37. The van der Waals surface area contributed by atoms with Crippen LogP contribution in [0.3, 0.4) is 0 Å². The minimum absolute atomic E-state index is 0.00463. The average Bonchev–Trinajstić information content (AvgIpc) is 2.82. The zero-order valence-electron chi connectivity index (χ0n) is 18.5. The number of carbonyl (C=O) groups excluding carboxylic acids is 1. The van der Waals surface area contributed by atoms with E-state index in [4.69, 9.17) is 4.74 Å². The molecule has 2 aromatic carbocycles. The van der Waals surface area contributed by atoms with Crippen molar-refractivity contribution in [3.05, 3.63) is 66.0 Å². The average molecular weight is 439 g/mol. The molecule has 0 atom stereocenters. The summed E-state index contributed by atoms with van der Waals surface area (Å²) in [5.41, 5.74) is 1.49. The van der Waals surface area contributed by atoms with Crippen LogP contribution in [0.4, 0.5) is 4.39 Å². The van der Waals surface area contributed by atoms with E-state index in [0.29, 0.717) is 5.75 Å². The van der Waals surface area contributed by atoms with Gasteiger partial charge in [-0.05, 0) is 73.8 Å². The van der Waals surface area contributed by atoms with Gasteiger partial charge in [-0.1, -0.05) is 67.7 Å². The SMILES string of the molecule is O=C(Oc1ccc(F)cc1)C1CCC(C2CC[SiH](CCCc3ccccc3)CC2)CC1. The van der Waals surface area contributed by atoms with Gasteiger partial charge in [-0.3, -0.25) is 4.79 Å². The van der Waals surface area contributed by atoms with Crippen molar-refractivity contribution < 1.29 is 13.9 Å². The second-order valence-electron chi connectivity index (χ2n) is 9.65. The highest BCUT2D eigenvalue weighted by Crippen LogP contribution is 2.41. The molecule has 31 heavy (non-hydrogen) atoms. The van der Waals surface area contributed by atoms with Gasteiger partial charge in [-0.15, -0.1) is 0 Å². The highest BCUT2D eigenvalue weighted by Gasteiger charge is 2.33. The zero-order valence-corrected chi connectivity index (χ0v) is 19.6. The van der Waals surface area contributed by atoms with Gasteiger partial charge in [0.25, 0.3) is 0 Å². The Labute approximate surface area is 187 Å². The van der Waals surface area contributed by atoms with Crippen LogP contribution in [0.2, 0.25) is 18.1 Å². The van der Waals surface area contributed by atoms with Gasteiger partial charge < -0.3 is 4.74 Å². The van der Waals surface area contributed by atoms with Gasteiger partial charge >= 0.3 is 5.97 Å². The van der Waals surface area contributed by atoms with Crippen LogP contribution < -0.4 is 4.74 Å². The molecule has 4 rings (SSSR count). The fraction of sp³-hybridized carbons (Fsp3) is 0.519. The highest BCUT2D eigenvalue weighted by atomic mass is 28.3. The number of hydrogen-bond donors (Lipinski definition) is 0. The van der Waals surface area contributed by atoms with Crippen molar-refractivity contribution >= 4 is 14.8 Å². The first-order valence-corrected chi connectivity index (χ1v) is 14.6. The van der Waals surface area contributed by atoms with Gasteiger partial charge in [0.15, 0.2) is 0 Å². The predicted molar refractivity (Wildman–Crippen MR) is 127 cm³/mol. The molecule has 1 saturated carbocycles. The summed E-state index contributed by atoms with van der Waals surface area (Å²) in [7, 11) is -0.533. The first-order chi connectivity index (χ1) is 15.2. The van der Waals surface area contributed by atoms with E-state index in [1.54, 1.807) is 0 Å². The highest BCUT2D eigenvalue weighted by molar-refractivity contribution is 6.58. The van der Waals surface area contributed by atoms with E-state index >= 15 is 0 Å². The van der Waals surface area contributed by atoms with Crippen LogP contribution in [0.1, 0.15) is 50.5 Å². The molecule has 1 heterocycles. The van der Waals surface area contributed by atoms with Crippen molar-refractivity contribution in [2.45, 2.75) is 69.5 Å². The molecule has 0 amide bonds. The Morgan fingerprint density at radius 2 is 1.52 bits per heavy atom. The molecule has 0 radical (unpaired) electrons. The molecule has 1 aliphatic heterocycles. The number of hydrogen-bond acceptors (Lipinski definition) is 2. The second kappa shape index (κ2) is 11.1. The molecule has 2 fully saturated rings. The van der Waals surface area contributed by atoms with Crippen molar-refractivity contribution in [3.8, 4) is 5.75 Å². The van der Waals surface area contributed by atoms with Crippen molar-refractivity contribution in [1.82, 2.24) is 0 Å². The number of aryl methyl sites for hydroxylation is 1. The summed E-state index contributed by atoms with van der Waals surface area (Å²) in [6.07, 6.45) is 9.67. The number of carbonyl (C=O) groups is 1. The lowest BCUT2D eigenvalue weighted by atomic mass is 9.74. The van der Waals surface area contributed by atoms with Crippen molar-refractivity contribution in [1.29, 1.82) is 0 Å². The van der Waals surface area contributed by atoms with E-state index in [2.05, 4.69) is 30.3 Å². The Balaban J connectivity index is 1.14. The topological polar surface area (TPSA) is 26.3 Å². The smallest absolute Gasteiger partial charge is 0.314 e. The Bertz CT molecular complexity index is 807. The summed E-state index contributed by atoms with van der Waals surface area (Å²) in [5.74, 6) is 1.68. The van der Waals surface area contributed by atoms with E-state index < -0.39 is 8.80 Å². The number of ether oxygens (including phenoxy) is 1. The van der Waals surface area contributed by atoms with Gasteiger partial charge in [0.1, 0.15) is 11.6 Å². The molecule has 4 heteroatoms. The maximum Gasteiger partial charge on any atom is 0.314 e. The first kappa shape index (κ1) is 22.3. The first-order valence-electron chi connectivity index (χ1n) is 12.2. The van der Waals surface area contributed by atoms with Gasteiger partial charge in [0.2, 0.25) is 0 Å². The quantitative estimate of drug-likeness (QED) is 0.270. The van der Waals surface area contributed by atoms with Crippen molar-refractivity contribution in [2.24, 2.45) is 17.8 Å². The standard InChI is InChI=1S/C27H35FO2Si/c28-25-12-14-26(15-13-25)30-27(29)24-10-8-22(9-11-24)23-16-19-31(20-17-23)18-4-7-21-5-2-1-3-6-21/h1-3,5-6,12-15,22-24,31H,4,7-11,16-20H2. The largest absolute Gasteiger partial charge is 0.426 e. The molecular formula is C27H35FO2Si. The van der Waals surface area contributed by atoms with E-state index in [9.17, 15) is 9.18 Å². The van der Waals surface area contributed by atoms with Crippen LogP contribution in [-0.4, -0.2) is 14.8 Å². The van der Waals surface area contributed by atoms with E-state index in [-0.39, 0.29) is 17.7 Å². The van der Waals surface area contributed by atoms with Crippen LogP contribution >= 0.6 is 0 Å². The summed E-state index contributed by atoms with van der Waals surface area (Å²) in [6, 6.07) is 21.2. The Morgan fingerprint density at radius 1 is 0.871 bits per heavy atom. The van der Waals surface area contributed by atoms with Crippen molar-refractivity contribution in [3.63, 3.8) is 0 Å². The van der Waals surface area contributed by atoms with Gasteiger partial charge in [0, 0.05) is 8.80 Å². The Morgan fingerprint density at radius 3 is 2.19 bits per heavy atom. The third-order valence-corrected chi connectivity index (χ3v) is 11.1. The van der Waals surface area contributed by atoms with Crippen LogP contribution in [0.25, 0.3) is 0 Å². The monoisotopic (exact) mass is 438 g/mol. The summed E-state index contributed by atoms with van der Waals surface area (Å²) >= 11 is 0. The van der Waals surface area contributed by atoms with Gasteiger partial charge in [-0.2, -0.15) is 0 Å². The lowest BCUT2D eigenvalue weighted by molar-refractivity contribution is -0.140. The molecule has 2 aliphatic rings. The Kier molecular flexibility index (Phi) is 7.95. The third kappa shape index (κ3) is 6.52. The molecule has 0 bridgehead atoms. The summed E-state index contributed by atoms with van der Waals surface area (Å²) in [4.78, 5) is 12.5. The molecule has 0 N–H and O–H groups in total. The third-order valence-electron chi connectivity index (χ3n) is 7.62. The van der Waals surface area contributed by atoms with Gasteiger partial charge in [-0.25, -0.2) is 4.39 Å². The summed E-state index contributed by atoms with van der Waals surface area (Å²) < 4.78 is 18.5. The fourth-order valence-corrected chi connectivity index (χ4v) is 9.16. The lowest BCUT2D eigenvalue weighted by Crippen LogP contribution is -2.31. The van der Waals surface area contributed by atoms with E-state index in [1.807, 2.05) is 0 Å². The molecule has 0 spiro atoms. The molecule has 0 unspecified atom stereocenters. The molecule has 1 saturated heterocycles. The normalized spacial score (nSPS) is 26.4. The maximum absolute atomic E-state index is 13.0. The second-order valence-corrected chi connectivity index (χ2v) is 13.1. The summed E-state index contributed by atoms with van der Waals surface area (Å²) in [5, 5.41) is 0.